The molecule has 0 bridgehead atoms. The smallest absolute Gasteiger partial charge is 0.293 e. The Morgan fingerprint density at radius 3 is 3.33 bits per heavy atom. The Morgan fingerprint density at radius 1 is 1.89 bits per heavy atom. The highest BCUT2D eigenvalue weighted by molar-refractivity contribution is 5.36. The van der Waals surface area contributed by atoms with Gasteiger partial charge in [-0.2, -0.15) is 0 Å². The summed E-state index contributed by atoms with van der Waals surface area (Å²) in [6.07, 6.45) is 2.70. The molecule has 1 aromatic heterocycles. The van der Waals surface area contributed by atoms with E-state index < -0.39 is 0 Å². The number of rotatable bonds is 3. The second-order valence-electron chi connectivity index (χ2n) is 1.39. The molecule has 0 fully saturated rings. The maximum Gasteiger partial charge on any atom is 0.293 e. The van der Waals surface area contributed by atoms with Gasteiger partial charge in [0, 0.05) is 0 Å². The summed E-state index contributed by atoms with van der Waals surface area (Å²) in [5.74, 6) is 0. The van der Waals surface area contributed by atoms with E-state index in [1.54, 1.807) is 0 Å². The fourth-order valence-corrected chi connectivity index (χ4v) is 0.428. The Hall–Kier alpha value is -1.32. The second kappa shape index (κ2) is 2.86. The van der Waals surface area contributed by atoms with E-state index in [0.29, 0.717) is 12.2 Å². The predicted molar refractivity (Wildman–Crippen MR) is 27.4 cm³/mol. The molecule has 0 radical (unpaired) electrons. The quantitative estimate of drug-likeness (QED) is 0.549. The van der Waals surface area contributed by atoms with Crippen LogP contribution in [0.25, 0.3) is 0 Å². The summed E-state index contributed by atoms with van der Waals surface area (Å²) in [6.45, 7) is 0.550. The van der Waals surface area contributed by atoms with Gasteiger partial charge in [0.15, 0.2) is 6.39 Å². The average Bonchev–Trinajstić information content (AvgIpc) is 2.34. The number of carbonyl (C=O) groups is 1. The molecule has 0 saturated heterocycles. The van der Waals surface area contributed by atoms with Crippen LogP contribution in [-0.2, 0) is 16.1 Å². The van der Waals surface area contributed by atoms with Crippen LogP contribution in [0.1, 0.15) is 5.69 Å². The van der Waals surface area contributed by atoms with Crippen molar-refractivity contribution in [2.24, 2.45) is 0 Å². The summed E-state index contributed by atoms with van der Waals surface area (Å²) in [7, 11) is 0. The van der Waals surface area contributed by atoms with Gasteiger partial charge in [0.1, 0.15) is 18.6 Å². The zero-order chi connectivity index (χ0) is 6.53. The largest absolute Gasteiger partial charge is 0.461 e. The first kappa shape index (κ1) is 5.81. The highest BCUT2D eigenvalue weighted by atomic mass is 16.5. The van der Waals surface area contributed by atoms with Crippen molar-refractivity contribution in [1.29, 1.82) is 0 Å². The monoisotopic (exact) mass is 127 g/mol. The van der Waals surface area contributed by atoms with Crippen molar-refractivity contribution >= 4 is 6.47 Å². The highest BCUT2D eigenvalue weighted by Gasteiger charge is 1.92. The van der Waals surface area contributed by atoms with Crippen molar-refractivity contribution in [3.8, 4) is 0 Å². The zero-order valence-corrected chi connectivity index (χ0v) is 4.61. The molecule has 9 heavy (non-hydrogen) atoms. The van der Waals surface area contributed by atoms with Crippen molar-refractivity contribution in [2.45, 2.75) is 6.61 Å². The van der Waals surface area contributed by atoms with Gasteiger partial charge in [0.25, 0.3) is 6.47 Å². The van der Waals surface area contributed by atoms with E-state index in [1.807, 2.05) is 0 Å². The average molecular weight is 127 g/mol. The van der Waals surface area contributed by atoms with Crippen molar-refractivity contribution in [3.05, 3.63) is 18.4 Å². The third-order valence-corrected chi connectivity index (χ3v) is 0.783. The fraction of sp³-hybridized carbons (Fsp3) is 0.200. The number of nitrogens with zero attached hydrogens (tertiary/aromatic N) is 1. The van der Waals surface area contributed by atoms with Crippen LogP contribution in [0.3, 0.4) is 0 Å². The minimum atomic E-state index is 0.181. The van der Waals surface area contributed by atoms with Crippen LogP contribution in [-0.4, -0.2) is 11.5 Å². The molecule has 0 aromatic carbocycles. The number of hydrogen-bond donors (Lipinski definition) is 0. The van der Waals surface area contributed by atoms with Gasteiger partial charge in [-0.3, -0.25) is 4.79 Å². The molecule has 48 valence electrons. The Bertz CT molecular complexity index is 170. The van der Waals surface area contributed by atoms with Crippen molar-refractivity contribution in [3.63, 3.8) is 0 Å². The van der Waals surface area contributed by atoms with E-state index in [9.17, 15) is 4.79 Å². The van der Waals surface area contributed by atoms with E-state index in [0.717, 1.165) is 0 Å². The van der Waals surface area contributed by atoms with Gasteiger partial charge in [-0.15, -0.1) is 0 Å². The lowest BCUT2D eigenvalue weighted by Gasteiger charge is -1.88. The van der Waals surface area contributed by atoms with Gasteiger partial charge in [0.05, 0.1) is 0 Å². The molecular formula is C5H5NO3. The van der Waals surface area contributed by atoms with E-state index in [2.05, 4.69) is 14.1 Å². The van der Waals surface area contributed by atoms with Crippen LogP contribution in [0.5, 0.6) is 0 Å². The van der Waals surface area contributed by atoms with Crippen LogP contribution in [0.4, 0.5) is 0 Å². The summed E-state index contributed by atoms with van der Waals surface area (Å²) in [5, 5.41) is 0. The minimum absolute atomic E-state index is 0.181. The molecule has 1 aromatic rings. The molecular weight excluding hydrogens is 122 g/mol. The predicted octanol–water partition coefficient (Wildman–Crippen LogP) is 0.348. The maximum atomic E-state index is 9.62. The molecule has 0 amide bonds. The third kappa shape index (κ3) is 1.56. The molecule has 0 spiro atoms. The van der Waals surface area contributed by atoms with Gasteiger partial charge < -0.3 is 9.15 Å². The van der Waals surface area contributed by atoms with E-state index >= 15 is 0 Å². The van der Waals surface area contributed by atoms with Gasteiger partial charge in [-0.1, -0.05) is 0 Å². The molecule has 0 saturated carbocycles. The van der Waals surface area contributed by atoms with E-state index in [1.165, 1.54) is 12.7 Å². The summed E-state index contributed by atoms with van der Waals surface area (Å²) >= 11 is 0. The molecule has 0 aliphatic rings. The molecule has 4 nitrogen and oxygen atoms in total. The van der Waals surface area contributed by atoms with Crippen molar-refractivity contribution in [2.75, 3.05) is 0 Å². The number of oxazole rings is 1. The lowest BCUT2D eigenvalue weighted by molar-refractivity contribution is -0.129. The fourth-order valence-electron chi connectivity index (χ4n) is 0.428. The second-order valence-corrected chi connectivity index (χ2v) is 1.39. The Balaban J connectivity index is 2.38. The first-order chi connectivity index (χ1) is 4.43. The zero-order valence-electron chi connectivity index (χ0n) is 4.61. The molecule has 1 rings (SSSR count). The van der Waals surface area contributed by atoms with Crippen molar-refractivity contribution < 1.29 is 13.9 Å². The number of ether oxygens (including phenoxy) is 1. The van der Waals surface area contributed by atoms with Crippen LogP contribution in [0.2, 0.25) is 0 Å². The van der Waals surface area contributed by atoms with Gasteiger partial charge in [-0.25, -0.2) is 4.98 Å². The lowest BCUT2D eigenvalue weighted by atomic mass is 10.5. The van der Waals surface area contributed by atoms with Crippen LogP contribution in [0.15, 0.2) is 17.1 Å². The van der Waals surface area contributed by atoms with E-state index in [4.69, 9.17) is 0 Å². The maximum absolute atomic E-state index is 9.62. The minimum Gasteiger partial charge on any atom is -0.461 e. The van der Waals surface area contributed by atoms with Crippen LogP contribution >= 0.6 is 0 Å². The number of hydrogen-bond acceptors (Lipinski definition) is 4. The topological polar surface area (TPSA) is 52.3 Å². The number of aromatic nitrogens is 1. The van der Waals surface area contributed by atoms with Crippen LogP contribution in [0, 0.1) is 0 Å². The highest BCUT2D eigenvalue weighted by Crippen LogP contribution is 1.94. The Kier molecular flexibility index (Phi) is 1.85. The first-order valence-corrected chi connectivity index (χ1v) is 2.36. The van der Waals surface area contributed by atoms with Gasteiger partial charge in [-0.05, 0) is 0 Å². The number of carbonyl (C=O) groups excluding carboxylic acids is 1. The van der Waals surface area contributed by atoms with Gasteiger partial charge in [0.2, 0.25) is 0 Å². The molecule has 1 heterocycles. The Labute approximate surface area is 51.5 Å². The summed E-state index contributed by atoms with van der Waals surface area (Å²) < 4.78 is 8.98. The van der Waals surface area contributed by atoms with Crippen molar-refractivity contribution in [1.82, 2.24) is 4.98 Å². The normalized spacial score (nSPS) is 8.89. The van der Waals surface area contributed by atoms with Crippen LogP contribution < -0.4 is 0 Å². The molecule has 0 aliphatic carbocycles. The molecule has 0 unspecified atom stereocenters. The van der Waals surface area contributed by atoms with Gasteiger partial charge >= 0.3 is 0 Å². The summed E-state index contributed by atoms with van der Waals surface area (Å²) in [4.78, 5) is 13.3. The molecule has 4 heteroatoms. The SMILES string of the molecule is O=COCc1cocn1. The first-order valence-electron chi connectivity index (χ1n) is 2.36. The third-order valence-electron chi connectivity index (χ3n) is 0.783. The standard InChI is InChI=1S/C5H5NO3/c7-4-9-2-5-1-8-3-6-5/h1,3-4H,2H2. The molecule has 0 N–H and O–H groups in total. The Morgan fingerprint density at radius 2 is 2.78 bits per heavy atom. The summed E-state index contributed by atoms with van der Waals surface area (Å²) in [5.41, 5.74) is 0.613. The van der Waals surface area contributed by atoms with E-state index in [-0.39, 0.29) is 6.61 Å². The summed E-state index contributed by atoms with van der Waals surface area (Å²) in [6, 6.07) is 0. The molecule has 0 aliphatic heterocycles. The molecule has 0 atom stereocenters. The lowest BCUT2D eigenvalue weighted by Crippen LogP contribution is -1.88.